The maximum Gasteiger partial charge on any atom is 0.332 e. The van der Waals surface area contributed by atoms with Crippen LogP contribution in [0.5, 0.6) is 0 Å². The van der Waals surface area contributed by atoms with Crippen molar-refractivity contribution in [2.45, 2.75) is 20.4 Å². The van der Waals surface area contributed by atoms with Crippen LogP contribution in [0.3, 0.4) is 0 Å². The normalized spacial score (nSPS) is 11.8. The smallest absolute Gasteiger partial charge is 0.332 e. The number of aryl methyl sites for hydroxylation is 2. The van der Waals surface area contributed by atoms with E-state index in [0.29, 0.717) is 22.0 Å². The van der Waals surface area contributed by atoms with Crippen LogP contribution in [-0.2, 0) is 18.3 Å². The number of para-hydroxylation sites is 1. The van der Waals surface area contributed by atoms with E-state index in [1.165, 1.54) is 16.2 Å². The number of aromatic nitrogens is 5. The van der Waals surface area contributed by atoms with E-state index in [1.807, 2.05) is 36.6 Å². The first-order valence-corrected chi connectivity index (χ1v) is 9.20. The van der Waals surface area contributed by atoms with Gasteiger partial charge in [0.1, 0.15) is 0 Å². The average molecular weight is 402 g/mol. The number of methoxy groups -OCH3 is 1. The predicted molar refractivity (Wildman–Crippen MR) is 108 cm³/mol. The van der Waals surface area contributed by atoms with Gasteiger partial charge < -0.3 is 4.74 Å². The molecule has 1 aromatic carbocycles. The highest BCUT2D eigenvalue weighted by molar-refractivity contribution is 6.32. The third-order valence-electron chi connectivity index (χ3n) is 5.13. The minimum atomic E-state index is -0.422. The van der Waals surface area contributed by atoms with Gasteiger partial charge in [0, 0.05) is 25.5 Å². The molecule has 4 rings (SSSR count). The number of imidazole rings is 2. The lowest BCUT2D eigenvalue weighted by atomic mass is 10.3. The molecule has 0 radical (unpaired) electrons. The Morgan fingerprint density at radius 1 is 1.14 bits per heavy atom. The van der Waals surface area contributed by atoms with Crippen LogP contribution in [-0.4, -0.2) is 36.8 Å². The standard InChI is InChI=1S/C19H20ClN5O3/c1-11-12(2)25-15-16(22(3)19(27)23(17(15)26)9-10-28-4)21-18(25)24(11)14-8-6-5-7-13(14)20/h5-8H,9-10H2,1-4H3. The Morgan fingerprint density at radius 2 is 1.86 bits per heavy atom. The van der Waals surface area contributed by atoms with Crippen LogP contribution in [0.2, 0.25) is 5.02 Å². The van der Waals surface area contributed by atoms with Crippen LogP contribution in [0.4, 0.5) is 0 Å². The summed E-state index contributed by atoms with van der Waals surface area (Å²) >= 11 is 6.42. The highest BCUT2D eigenvalue weighted by atomic mass is 35.5. The highest BCUT2D eigenvalue weighted by Gasteiger charge is 2.23. The molecule has 3 aromatic heterocycles. The lowest BCUT2D eigenvalue weighted by Gasteiger charge is -2.09. The highest BCUT2D eigenvalue weighted by Crippen LogP contribution is 2.28. The van der Waals surface area contributed by atoms with Gasteiger partial charge in [-0.25, -0.2) is 4.79 Å². The summed E-state index contributed by atoms with van der Waals surface area (Å²) in [6, 6.07) is 7.44. The molecule has 0 spiro atoms. The Kier molecular flexibility index (Phi) is 4.40. The lowest BCUT2D eigenvalue weighted by molar-refractivity contribution is 0.184. The van der Waals surface area contributed by atoms with Gasteiger partial charge in [-0.3, -0.25) is 22.9 Å². The molecule has 4 aromatic rings. The van der Waals surface area contributed by atoms with Crippen molar-refractivity contribution in [1.82, 2.24) is 23.1 Å². The second-order valence-corrected chi connectivity index (χ2v) is 7.08. The third-order valence-corrected chi connectivity index (χ3v) is 5.45. The molecule has 9 heteroatoms. The van der Waals surface area contributed by atoms with E-state index >= 15 is 0 Å². The Balaban J connectivity index is 2.17. The van der Waals surface area contributed by atoms with Crippen molar-refractivity contribution in [2.24, 2.45) is 7.05 Å². The summed E-state index contributed by atoms with van der Waals surface area (Å²) in [6.45, 7) is 4.31. The molecular formula is C19H20ClN5O3. The summed E-state index contributed by atoms with van der Waals surface area (Å²) in [7, 11) is 3.14. The topological polar surface area (TPSA) is 75.5 Å². The summed E-state index contributed by atoms with van der Waals surface area (Å²) in [5.74, 6) is 0.537. The van der Waals surface area contributed by atoms with Crippen molar-refractivity contribution in [1.29, 1.82) is 0 Å². The Hall–Kier alpha value is -2.84. The summed E-state index contributed by atoms with van der Waals surface area (Å²) in [4.78, 5) is 30.5. The van der Waals surface area contributed by atoms with Gasteiger partial charge in [0.2, 0.25) is 5.78 Å². The van der Waals surface area contributed by atoms with E-state index in [0.717, 1.165) is 17.1 Å². The van der Waals surface area contributed by atoms with Crippen LogP contribution < -0.4 is 11.2 Å². The van der Waals surface area contributed by atoms with Crippen molar-refractivity contribution >= 4 is 28.5 Å². The third kappa shape index (κ3) is 2.45. The summed E-state index contributed by atoms with van der Waals surface area (Å²) in [6.07, 6.45) is 0. The fourth-order valence-corrected chi connectivity index (χ4v) is 3.77. The fourth-order valence-electron chi connectivity index (χ4n) is 3.55. The van der Waals surface area contributed by atoms with Gasteiger partial charge in [0.05, 0.1) is 23.9 Å². The van der Waals surface area contributed by atoms with Gasteiger partial charge >= 0.3 is 5.69 Å². The molecule has 0 atom stereocenters. The van der Waals surface area contributed by atoms with Gasteiger partial charge in [-0.2, -0.15) is 4.98 Å². The first-order chi connectivity index (χ1) is 13.4. The molecule has 28 heavy (non-hydrogen) atoms. The summed E-state index contributed by atoms with van der Waals surface area (Å²) in [5, 5.41) is 0.571. The maximum atomic E-state index is 13.2. The molecular weight excluding hydrogens is 382 g/mol. The first kappa shape index (κ1) is 18.5. The molecule has 0 N–H and O–H groups in total. The number of rotatable bonds is 4. The monoisotopic (exact) mass is 401 g/mol. The van der Waals surface area contributed by atoms with E-state index in [9.17, 15) is 9.59 Å². The quantitative estimate of drug-likeness (QED) is 0.524. The molecule has 146 valence electrons. The van der Waals surface area contributed by atoms with Crippen LogP contribution in [0.15, 0.2) is 33.9 Å². The molecule has 3 heterocycles. The number of ether oxygens (including phenoxy) is 1. The Labute approximate surface area is 165 Å². The number of benzene rings is 1. The van der Waals surface area contributed by atoms with Crippen molar-refractivity contribution in [3.63, 3.8) is 0 Å². The number of halogens is 1. The molecule has 0 aliphatic heterocycles. The average Bonchev–Trinajstić information content (AvgIpc) is 3.17. The second kappa shape index (κ2) is 6.65. The zero-order valence-corrected chi connectivity index (χ0v) is 16.8. The fraction of sp³-hybridized carbons (Fsp3) is 0.316. The zero-order chi connectivity index (χ0) is 20.2. The van der Waals surface area contributed by atoms with Gasteiger partial charge in [-0.1, -0.05) is 23.7 Å². The molecule has 0 bridgehead atoms. The Morgan fingerprint density at radius 3 is 2.54 bits per heavy atom. The van der Waals surface area contributed by atoms with Crippen LogP contribution >= 0.6 is 11.6 Å². The zero-order valence-electron chi connectivity index (χ0n) is 16.1. The molecule has 0 fully saturated rings. The molecule has 0 unspecified atom stereocenters. The summed E-state index contributed by atoms with van der Waals surface area (Å²) in [5.41, 5.74) is 2.42. The van der Waals surface area contributed by atoms with Crippen LogP contribution in [0, 0.1) is 13.8 Å². The largest absolute Gasteiger partial charge is 0.383 e. The number of nitrogens with zero attached hydrogens (tertiary/aromatic N) is 5. The molecule has 0 aliphatic rings. The molecule has 0 saturated heterocycles. The van der Waals surface area contributed by atoms with E-state index in [2.05, 4.69) is 4.98 Å². The van der Waals surface area contributed by atoms with E-state index in [4.69, 9.17) is 16.3 Å². The van der Waals surface area contributed by atoms with E-state index < -0.39 is 5.69 Å². The molecule has 0 aliphatic carbocycles. The van der Waals surface area contributed by atoms with Crippen LogP contribution in [0.25, 0.3) is 22.6 Å². The van der Waals surface area contributed by atoms with Crippen molar-refractivity contribution in [3.05, 3.63) is 61.5 Å². The Bertz CT molecular complexity index is 1340. The molecule has 0 saturated carbocycles. The number of fused-ring (bicyclic) bond motifs is 3. The van der Waals surface area contributed by atoms with Crippen molar-refractivity contribution in [3.8, 4) is 5.69 Å². The minimum absolute atomic E-state index is 0.175. The maximum absolute atomic E-state index is 13.2. The van der Waals surface area contributed by atoms with Crippen LogP contribution in [0.1, 0.15) is 11.4 Å². The van der Waals surface area contributed by atoms with E-state index in [1.54, 1.807) is 17.5 Å². The minimum Gasteiger partial charge on any atom is -0.383 e. The van der Waals surface area contributed by atoms with Gasteiger partial charge in [0.15, 0.2) is 11.2 Å². The van der Waals surface area contributed by atoms with Gasteiger partial charge in [-0.05, 0) is 26.0 Å². The molecule has 0 amide bonds. The SMILES string of the molecule is COCCn1c(=O)c2c(nc3n(-c4ccccc4Cl)c(C)c(C)n23)n(C)c1=O. The number of hydrogen-bond acceptors (Lipinski definition) is 4. The van der Waals surface area contributed by atoms with Crippen molar-refractivity contribution in [2.75, 3.05) is 13.7 Å². The summed E-state index contributed by atoms with van der Waals surface area (Å²) < 4.78 is 11.3. The first-order valence-electron chi connectivity index (χ1n) is 8.82. The predicted octanol–water partition coefficient (Wildman–Crippen LogP) is 2.06. The molecule has 8 nitrogen and oxygen atoms in total. The van der Waals surface area contributed by atoms with Crippen molar-refractivity contribution < 1.29 is 4.74 Å². The number of hydrogen-bond donors (Lipinski definition) is 0. The second-order valence-electron chi connectivity index (χ2n) is 6.67. The van der Waals surface area contributed by atoms with Gasteiger partial charge in [0.25, 0.3) is 5.56 Å². The lowest BCUT2D eigenvalue weighted by Crippen LogP contribution is -2.40. The van der Waals surface area contributed by atoms with E-state index in [-0.39, 0.29) is 18.7 Å². The van der Waals surface area contributed by atoms with Gasteiger partial charge in [-0.15, -0.1) is 0 Å².